The Labute approximate surface area is 119 Å². The summed E-state index contributed by atoms with van der Waals surface area (Å²) in [6, 6.07) is 4.74. The molecule has 0 unspecified atom stereocenters. The molecule has 0 aliphatic rings. The van der Waals surface area contributed by atoms with Gasteiger partial charge < -0.3 is 16.4 Å². The number of carbonyl (C=O) groups is 2. The molecule has 0 atom stereocenters. The molecule has 0 saturated carbocycles. The molecule has 1 aromatic carbocycles. The minimum atomic E-state index is -4.84. The highest BCUT2D eigenvalue weighted by molar-refractivity contribution is 7.91. The molecule has 21 heavy (non-hydrogen) atoms. The second-order valence-electron chi connectivity index (χ2n) is 3.83. The maximum atomic E-state index is 12.5. The van der Waals surface area contributed by atoms with Crippen LogP contribution in [0.15, 0.2) is 29.2 Å². The van der Waals surface area contributed by atoms with Crippen molar-refractivity contribution in [2.45, 2.75) is 10.7 Å². The van der Waals surface area contributed by atoms with Crippen molar-refractivity contribution >= 4 is 27.3 Å². The molecule has 0 bridgehead atoms. The van der Waals surface area contributed by atoms with Crippen LogP contribution < -0.4 is 16.4 Å². The van der Waals surface area contributed by atoms with E-state index in [1.807, 2.05) is 0 Å². The van der Waals surface area contributed by atoms with E-state index in [2.05, 4.69) is 10.6 Å². The van der Waals surface area contributed by atoms with Crippen molar-refractivity contribution in [2.24, 2.45) is 5.73 Å². The number of hydrogen-bond acceptors (Lipinski definition) is 5. The highest BCUT2D eigenvalue weighted by Crippen LogP contribution is 2.25. The second-order valence-corrected chi connectivity index (χ2v) is 5.72. The summed E-state index contributed by atoms with van der Waals surface area (Å²) in [5.74, 6) is -4.96. The van der Waals surface area contributed by atoms with E-state index < -0.39 is 38.8 Å². The molecule has 0 aliphatic heterocycles. The van der Waals surface area contributed by atoms with Gasteiger partial charge in [0.2, 0.25) is 21.7 Å². The Hall–Kier alpha value is -2.07. The third-order valence-electron chi connectivity index (χ3n) is 2.33. The predicted molar refractivity (Wildman–Crippen MR) is 70.3 cm³/mol. The quantitative estimate of drug-likeness (QED) is 0.664. The maximum Gasteiger partial charge on any atom is 0.341 e. The number of nitrogens with one attached hydrogen (secondary N) is 2. The fourth-order valence-electron chi connectivity index (χ4n) is 1.36. The van der Waals surface area contributed by atoms with Crippen LogP contribution in [-0.2, 0) is 19.4 Å². The highest BCUT2D eigenvalue weighted by atomic mass is 32.2. The lowest BCUT2D eigenvalue weighted by Crippen LogP contribution is -2.36. The van der Waals surface area contributed by atoms with Gasteiger partial charge in [-0.05, 0) is 12.1 Å². The number of alkyl halides is 2. The number of para-hydroxylation sites is 1. The van der Waals surface area contributed by atoms with Crippen molar-refractivity contribution in [1.82, 2.24) is 5.32 Å². The van der Waals surface area contributed by atoms with Gasteiger partial charge in [-0.3, -0.25) is 9.59 Å². The van der Waals surface area contributed by atoms with Crippen molar-refractivity contribution in [3.05, 3.63) is 24.3 Å². The Kier molecular flexibility index (Phi) is 5.73. The van der Waals surface area contributed by atoms with Gasteiger partial charge in [0, 0.05) is 0 Å². The number of rotatable bonds is 6. The molecular formula is C11H13F2N3O4S. The Balaban J connectivity index is 2.90. The number of anilines is 1. The first-order valence-electron chi connectivity index (χ1n) is 5.66. The van der Waals surface area contributed by atoms with E-state index in [0.717, 1.165) is 12.1 Å². The van der Waals surface area contributed by atoms with Crippen molar-refractivity contribution in [3.8, 4) is 0 Å². The molecule has 4 N–H and O–H groups in total. The van der Waals surface area contributed by atoms with Crippen LogP contribution in [0.25, 0.3) is 0 Å². The average molecular weight is 321 g/mol. The molecule has 0 aromatic heterocycles. The van der Waals surface area contributed by atoms with Crippen LogP contribution in [0, 0.1) is 0 Å². The number of nitrogens with two attached hydrogens (primary N) is 1. The molecule has 0 saturated heterocycles. The molecule has 116 valence electrons. The van der Waals surface area contributed by atoms with Crippen LogP contribution in [0.2, 0.25) is 0 Å². The summed E-state index contributed by atoms with van der Waals surface area (Å²) in [6.45, 7) is -0.775. The zero-order chi connectivity index (χ0) is 16.0. The molecule has 1 rings (SSSR count). The number of halogens is 2. The summed E-state index contributed by atoms with van der Waals surface area (Å²) in [5, 5.41) is 4.30. The summed E-state index contributed by atoms with van der Waals surface area (Å²) in [5.41, 5.74) is 4.73. The molecule has 2 amide bonds. The number of sulfone groups is 1. The predicted octanol–water partition coefficient (Wildman–Crippen LogP) is -0.304. The zero-order valence-electron chi connectivity index (χ0n) is 10.7. The van der Waals surface area contributed by atoms with Gasteiger partial charge in [-0.25, -0.2) is 8.42 Å². The molecular weight excluding hydrogens is 308 g/mol. The van der Waals surface area contributed by atoms with Crippen LogP contribution in [0.5, 0.6) is 0 Å². The lowest BCUT2D eigenvalue weighted by Gasteiger charge is -2.11. The van der Waals surface area contributed by atoms with Crippen LogP contribution in [0.4, 0.5) is 14.5 Å². The van der Waals surface area contributed by atoms with Crippen molar-refractivity contribution in [1.29, 1.82) is 0 Å². The fraction of sp³-hybridized carbons (Fsp3) is 0.273. The van der Waals surface area contributed by atoms with E-state index in [0.29, 0.717) is 0 Å². The van der Waals surface area contributed by atoms with Crippen LogP contribution in [0.3, 0.4) is 0 Å². The molecule has 0 heterocycles. The molecule has 10 heteroatoms. The van der Waals surface area contributed by atoms with Crippen LogP contribution in [-0.4, -0.2) is 39.1 Å². The average Bonchev–Trinajstić information content (AvgIpc) is 2.44. The van der Waals surface area contributed by atoms with Crippen molar-refractivity contribution in [3.63, 3.8) is 0 Å². The first kappa shape index (κ1) is 17.0. The SMILES string of the molecule is NCC(=O)NCC(=O)Nc1ccccc1S(=O)(=O)C(F)F. The fourth-order valence-corrected chi connectivity index (χ4v) is 2.25. The molecule has 7 nitrogen and oxygen atoms in total. The molecule has 0 radical (unpaired) electrons. The highest BCUT2D eigenvalue weighted by Gasteiger charge is 2.29. The summed E-state index contributed by atoms with van der Waals surface area (Å²) in [7, 11) is -4.84. The van der Waals surface area contributed by atoms with E-state index in [1.165, 1.54) is 12.1 Å². The maximum absolute atomic E-state index is 12.5. The van der Waals surface area contributed by atoms with Gasteiger partial charge in [0.15, 0.2) is 0 Å². The number of amides is 2. The Morgan fingerprint density at radius 2 is 1.81 bits per heavy atom. The topological polar surface area (TPSA) is 118 Å². The monoisotopic (exact) mass is 321 g/mol. The van der Waals surface area contributed by atoms with E-state index in [1.54, 1.807) is 0 Å². The number of carbonyl (C=O) groups excluding carboxylic acids is 2. The van der Waals surface area contributed by atoms with E-state index >= 15 is 0 Å². The van der Waals surface area contributed by atoms with Crippen molar-refractivity contribution in [2.75, 3.05) is 18.4 Å². The molecule has 0 fully saturated rings. The van der Waals surface area contributed by atoms with Gasteiger partial charge >= 0.3 is 5.76 Å². The third-order valence-corrected chi connectivity index (χ3v) is 3.77. The lowest BCUT2D eigenvalue weighted by atomic mass is 10.3. The lowest BCUT2D eigenvalue weighted by molar-refractivity contribution is -0.123. The minimum absolute atomic E-state index is 0.287. The van der Waals surface area contributed by atoms with E-state index in [9.17, 15) is 26.8 Å². The van der Waals surface area contributed by atoms with Gasteiger partial charge in [0.05, 0.1) is 23.7 Å². The standard InChI is InChI=1S/C11H13F2N3O4S/c12-11(13)21(19,20)8-4-2-1-3-7(8)16-10(18)6-15-9(17)5-14/h1-4,11H,5-6,14H2,(H,15,17)(H,16,18). The summed E-state index contributed by atoms with van der Waals surface area (Å²) in [6.07, 6.45) is 0. The minimum Gasteiger partial charge on any atom is -0.346 e. The molecule has 0 spiro atoms. The Bertz CT molecular complexity index is 634. The largest absolute Gasteiger partial charge is 0.346 e. The second kappa shape index (κ2) is 7.09. The van der Waals surface area contributed by atoms with Crippen LogP contribution in [0.1, 0.15) is 0 Å². The normalized spacial score (nSPS) is 11.2. The van der Waals surface area contributed by atoms with E-state index in [-0.39, 0.29) is 12.2 Å². The van der Waals surface area contributed by atoms with E-state index in [4.69, 9.17) is 5.73 Å². The molecule has 0 aliphatic carbocycles. The molecule has 1 aromatic rings. The number of benzene rings is 1. The Morgan fingerprint density at radius 3 is 2.38 bits per heavy atom. The zero-order valence-corrected chi connectivity index (χ0v) is 11.5. The smallest absolute Gasteiger partial charge is 0.341 e. The Morgan fingerprint density at radius 1 is 1.19 bits per heavy atom. The first-order valence-corrected chi connectivity index (χ1v) is 7.21. The summed E-state index contributed by atoms with van der Waals surface area (Å²) in [4.78, 5) is 21.7. The van der Waals surface area contributed by atoms with Gasteiger partial charge in [0.25, 0.3) is 0 Å². The number of hydrogen-bond donors (Lipinski definition) is 3. The van der Waals surface area contributed by atoms with Gasteiger partial charge in [0.1, 0.15) is 0 Å². The van der Waals surface area contributed by atoms with Crippen molar-refractivity contribution < 1.29 is 26.8 Å². The van der Waals surface area contributed by atoms with Gasteiger partial charge in [-0.1, -0.05) is 12.1 Å². The van der Waals surface area contributed by atoms with Gasteiger partial charge in [-0.15, -0.1) is 0 Å². The van der Waals surface area contributed by atoms with Gasteiger partial charge in [-0.2, -0.15) is 8.78 Å². The van der Waals surface area contributed by atoms with Crippen LogP contribution >= 0.6 is 0 Å². The first-order chi connectivity index (χ1) is 9.78. The summed E-state index contributed by atoms with van der Waals surface area (Å²) >= 11 is 0. The third kappa shape index (κ3) is 4.46. The summed E-state index contributed by atoms with van der Waals surface area (Å²) < 4.78 is 48.0.